The lowest BCUT2D eigenvalue weighted by atomic mass is 10.1. The topological polar surface area (TPSA) is 46.3 Å². The van der Waals surface area contributed by atoms with E-state index in [4.69, 9.17) is 4.52 Å². The van der Waals surface area contributed by atoms with Gasteiger partial charge in [-0.3, -0.25) is 4.79 Å². The van der Waals surface area contributed by atoms with Crippen molar-refractivity contribution < 1.29 is 13.7 Å². The number of hydrogen-bond acceptors (Lipinski definition) is 4. The first-order valence-corrected chi connectivity index (χ1v) is 8.34. The molecule has 4 nitrogen and oxygen atoms in total. The Labute approximate surface area is 136 Å². The highest BCUT2D eigenvalue weighted by Crippen LogP contribution is 2.35. The molecule has 1 aliphatic rings. The van der Waals surface area contributed by atoms with Gasteiger partial charge in [-0.15, -0.1) is 11.3 Å². The van der Waals surface area contributed by atoms with Crippen LogP contribution in [0, 0.1) is 12.7 Å². The fraction of sp³-hybridized carbons (Fsp3) is 0.294. The zero-order valence-corrected chi connectivity index (χ0v) is 13.4. The average molecular weight is 330 g/mol. The van der Waals surface area contributed by atoms with Crippen LogP contribution in [0.2, 0.25) is 0 Å². The molecule has 23 heavy (non-hydrogen) atoms. The van der Waals surface area contributed by atoms with Crippen LogP contribution in [0.5, 0.6) is 0 Å². The summed E-state index contributed by atoms with van der Waals surface area (Å²) in [5, 5.41) is 4.53. The molecule has 4 rings (SSSR count). The zero-order valence-electron chi connectivity index (χ0n) is 12.6. The number of thiophene rings is 1. The molecule has 0 radical (unpaired) electrons. The molecule has 0 spiro atoms. The quantitative estimate of drug-likeness (QED) is 0.714. The molecular formula is C17H15FN2O2S. The first kappa shape index (κ1) is 14.4. The molecule has 6 heteroatoms. The second-order valence-corrected chi connectivity index (χ2v) is 6.88. The predicted molar refractivity (Wildman–Crippen MR) is 86.3 cm³/mol. The van der Waals surface area contributed by atoms with Crippen molar-refractivity contribution in [1.82, 2.24) is 10.1 Å². The molecule has 3 heterocycles. The third kappa shape index (κ3) is 2.34. The Morgan fingerprint density at radius 2 is 2.30 bits per heavy atom. The highest BCUT2D eigenvalue weighted by Gasteiger charge is 2.31. The Morgan fingerprint density at radius 1 is 1.43 bits per heavy atom. The summed E-state index contributed by atoms with van der Waals surface area (Å²) < 4.78 is 19.7. The minimum atomic E-state index is -0.266. The van der Waals surface area contributed by atoms with Crippen molar-refractivity contribution >= 4 is 27.3 Å². The summed E-state index contributed by atoms with van der Waals surface area (Å²) in [5.41, 5.74) is 1.62. The number of aromatic nitrogens is 1. The molecule has 1 saturated heterocycles. The van der Waals surface area contributed by atoms with E-state index in [2.05, 4.69) is 5.16 Å². The van der Waals surface area contributed by atoms with E-state index in [9.17, 15) is 9.18 Å². The molecule has 1 aromatic carbocycles. The van der Waals surface area contributed by atoms with Gasteiger partial charge in [0.1, 0.15) is 12.1 Å². The van der Waals surface area contributed by atoms with Crippen LogP contribution in [0.3, 0.4) is 0 Å². The summed E-state index contributed by atoms with van der Waals surface area (Å²) in [7, 11) is 0. The lowest BCUT2D eigenvalue weighted by molar-refractivity contribution is 0.0794. The van der Waals surface area contributed by atoms with Crippen LogP contribution in [-0.4, -0.2) is 29.1 Å². The van der Waals surface area contributed by atoms with E-state index in [0.29, 0.717) is 23.4 Å². The number of halogens is 1. The Bertz CT molecular complexity index is 872. The molecule has 1 atom stereocenters. The van der Waals surface area contributed by atoms with Gasteiger partial charge in [-0.25, -0.2) is 4.39 Å². The van der Waals surface area contributed by atoms with Gasteiger partial charge in [0, 0.05) is 35.2 Å². The third-order valence-electron chi connectivity index (χ3n) is 4.45. The van der Waals surface area contributed by atoms with Crippen LogP contribution in [0.1, 0.15) is 33.3 Å². The lowest BCUT2D eigenvalue weighted by Crippen LogP contribution is -2.28. The van der Waals surface area contributed by atoms with Gasteiger partial charge in [-0.2, -0.15) is 0 Å². The van der Waals surface area contributed by atoms with Crippen molar-refractivity contribution in [2.24, 2.45) is 0 Å². The van der Waals surface area contributed by atoms with Crippen LogP contribution in [0.25, 0.3) is 10.1 Å². The number of aryl methyl sites for hydroxylation is 1. The largest absolute Gasteiger partial charge is 0.365 e. The third-order valence-corrected chi connectivity index (χ3v) is 5.69. The van der Waals surface area contributed by atoms with Crippen LogP contribution >= 0.6 is 11.3 Å². The molecule has 0 aliphatic carbocycles. The maximum atomic E-state index is 14.0. The fourth-order valence-corrected chi connectivity index (χ4v) is 4.41. The first-order valence-electron chi connectivity index (χ1n) is 7.52. The van der Waals surface area contributed by atoms with E-state index in [1.54, 1.807) is 12.3 Å². The Kier molecular flexibility index (Phi) is 3.41. The zero-order chi connectivity index (χ0) is 16.0. The number of carbonyl (C=O) groups is 1. The smallest absolute Gasteiger partial charge is 0.264 e. The Balaban J connectivity index is 1.63. The molecule has 1 fully saturated rings. The highest BCUT2D eigenvalue weighted by atomic mass is 32.1. The summed E-state index contributed by atoms with van der Waals surface area (Å²) in [6, 6.07) is 6.82. The highest BCUT2D eigenvalue weighted by molar-refractivity contribution is 7.21. The van der Waals surface area contributed by atoms with E-state index in [1.165, 1.54) is 17.4 Å². The number of benzene rings is 1. The van der Waals surface area contributed by atoms with Crippen molar-refractivity contribution in [2.75, 3.05) is 13.1 Å². The standard InChI is InChI=1S/C17H15FN2O2S/c1-10-15-12(18)3-2-4-14(15)23-16(10)17(21)20-7-5-11(9-20)13-6-8-22-19-13/h2-4,6,8,11H,5,7,9H2,1H3. The van der Waals surface area contributed by atoms with Crippen LogP contribution < -0.4 is 0 Å². The molecule has 2 aromatic heterocycles. The van der Waals surface area contributed by atoms with E-state index < -0.39 is 0 Å². The van der Waals surface area contributed by atoms with Crippen molar-refractivity contribution in [3.05, 3.63) is 52.5 Å². The molecule has 0 N–H and O–H groups in total. The second-order valence-electron chi connectivity index (χ2n) is 5.83. The van der Waals surface area contributed by atoms with Gasteiger partial charge >= 0.3 is 0 Å². The number of nitrogens with zero attached hydrogens (tertiary/aromatic N) is 2. The van der Waals surface area contributed by atoms with Gasteiger partial charge in [-0.05, 0) is 31.0 Å². The van der Waals surface area contributed by atoms with Crippen LogP contribution in [-0.2, 0) is 0 Å². The normalized spacial score (nSPS) is 18.0. The number of fused-ring (bicyclic) bond motifs is 1. The van der Waals surface area contributed by atoms with Gasteiger partial charge in [0.2, 0.25) is 0 Å². The van der Waals surface area contributed by atoms with Gasteiger partial charge in [-0.1, -0.05) is 11.2 Å². The summed E-state index contributed by atoms with van der Waals surface area (Å²) in [6.45, 7) is 3.13. The molecule has 118 valence electrons. The van der Waals surface area contributed by atoms with E-state index in [0.717, 1.165) is 22.4 Å². The number of carbonyl (C=O) groups excluding carboxylic acids is 1. The molecule has 1 amide bonds. The lowest BCUT2D eigenvalue weighted by Gasteiger charge is -2.15. The minimum Gasteiger partial charge on any atom is -0.365 e. The molecule has 0 saturated carbocycles. The SMILES string of the molecule is Cc1c(C(=O)N2CCC(c3ccon3)C2)sc2cccc(F)c12. The van der Waals surface area contributed by atoms with E-state index in [-0.39, 0.29) is 17.6 Å². The number of rotatable bonds is 2. The van der Waals surface area contributed by atoms with Crippen LogP contribution in [0.4, 0.5) is 4.39 Å². The van der Waals surface area contributed by atoms with Crippen molar-refractivity contribution in [1.29, 1.82) is 0 Å². The Hall–Kier alpha value is -2.21. The maximum Gasteiger partial charge on any atom is 0.264 e. The average Bonchev–Trinajstić information content (AvgIpc) is 3.26. The second kappa shape index (κ2) is 5.45. The van der Waals surface area contributed by atoms with Crippen molar-refractivity contribution in [2.45, 2.75) is 19.3 Å². The molecule has 1 unspecified atom stereocenters. The van der Waals surface area contributed by atoms with Crippen molar-refractivity contribution in [3.63, 3.8) is 0 Å². The number of amides is 1. The molecular weight excluding hydrogens is 315 g/mol. The van der Waals surface area contributed by atoms with E-state index in [1.807, 2.05) is 24.0 Å². The predicted octanol–water partition coefficient (Wildman–Crippen LogP) is 3.97. The molecule has 0 bridgehead atoms. The Morgan fingerprint density at radius 3 is 3.04 bits per heavy atom. The van der Waals surface area contributed by atoms with Gasteiger partial charge in [0.15, 0.2) is 0 Å². The maximum absolute atomic E-state index is 14.0. The summed E-state index contributed by atoms with van der Waals surface area (Å²) in [5.74, 6) is -0.0737. The molecule has 3 aromatic rings. The van der Waals surface area contributed by atoms with Gasteiger partial charge in [0.25, 0.3) is 5.91 Å². The summed E-state index contributed by atoms with van der Waals surface area (Å²) in [4.78, 5) is 15.3. The monoisotopic (exact) mass is 330 g/mol. The van der Waals surface area contributed by atoms with Crippen LogP contribution in [0.15, 0.2) is 35.1 Å². The minimum absolute atomic E-state index is 0.0194. The number of likely N-dealkylation sites (tertiary alicyclic amines) is 1. The fourth-order valence-electron chi connectivity index (χ4n) is 3.22. The van der Waals surface area contributed by atoms with Gasteiger partial charge in [0.05, 0.1) is 10.6 Å². The van der Waals surface area contributed by atoms with Gasteiger partial charge < -0.3 is 9.42 Å². The van der Waals surface area contributed by atoms with Crippen molar-refractivity contribution in [3.8, 4) is 0 Å². The summed E-state index contributed by atoms with van der Waals surface area (Å²) >= 11 is 1.37. The summed E-state index contributed by atoms with van der Waals surface area (Å²) in [6.07, 6.45) is 2.43. The number of hydrogen-bond donors (Lipinski definition) is 0. The molecule has 1 aliphatic heterocycles. The van der Waals surface area contributed by atoms with E-state index >= 15 is 0 Å². The first-order chi connectivity index (χ1) is 11.1.